The number of hydrogen-bond acceptors (Lipinski definition) is 2. The molecule has 1 heterocycles. The average molecular weight is 294 g/mol. The molecule has 2 aromatic rings. The molecule has 17 heavy (non-hydrogen) atoms. The highest BCUT2D eigenvalue weighted by atomic mass is 79.9. The fourth-order valence-electron chi connectivity index (χ4n) is 1.80. The van der Waals surface area contributed by atoms with Gasteiger partial charge in [-0.1, -0.05) is 34.1 Å². The van der Waals surface area contributed by atoms with Gasteiger partial charge in [-0.15, -0.1) is 0 Å². The van der Waals surface area contributed by atoms with Crippen LogP contribution in [0.1, 0.15) is 5.69 Å². The Balaban J connectivity index is 2.33. The summed E-state index contributed by atoms with van der Waals surface area (Å²) < 4.78 is 3.09. The van der Waals surface area contributed by atoms with Crippen molar-refractivity contribution in [1.29, 1.82) is 0 Å². The summed E-state index contributed by atoms with van der Waals surface area (Å²) in [5, 5.41) is 7.65. The summed E-state index contributed by atoms with van der Waals surface area (Å²) in [6.45, 7) is 3.86. The fraction of sp³-hybridized carbons (Fsp3) is 0.308. The molecule has 0 aliphatic heterocycles. The Bertz CT molecular complexity index is 505. The molecule has 0 unspecified atom stereocenters. The van der Waals surface area contributed by atoms with E-state index < -0.39 is 0 Å². The molecule has 0 saturated heterocycles. The van der Waals surface area contributed by atoms with Gasteiger partial charge in [0, 0.05) is 22.8 Å². The van der Waals surface area contributed by atoms with Crippen LogP contribution in [0.25, 0.3) is 11.1 Å². The third kappa shape index (κ3) is 2.76. The SMILES string of the molecule is CNCCn1cc(-c2ccccc2Br)c(C)n1. The van der Waals surface area contributed by atoms with Crippen LogP contribution < -0.4 is 5.32 Å². The van der Waals surface area contributed by atoms with Crippen molar-refractivity contribution < 1.29 is 0 Å². The molecule has 1 N–H and O–H groups in total. The summed E-state index contributed by atoms with van der Waals surface area (Å²) in [5.74, 6) is 0. The first-order valence-corrected chi connectivity index (χ1v) is 6.45. The van der Waals surface area contributed by atoms with Gasteiger partial charge in [0.15, 0.2) is 0 Å². The monoisotopic (exact) mass is 293 g/mol. The van der Waals surface area contributed by atoms with Crippen LogP contribution in [0.4, 0.5) is 0 Å². The lowest BCUT2D eigenvalue weighted by Crippen LogP contribution is -2.15. The number of benzene rings is 1. The van der Waals surface area contributed by atoms with Crippen LogP contribution in [0.5, 0.6) is 0 Å². The molecule has 2 rings (SSSR count). The van der Waals surface area contributed by atoms with Gasteiger partial charge in [-0.3, -0.25) is 4.68 Å². The van der Waals surface area contributed by atoms with Gasteiger partial charge in [-0.25, -0.2) is 0 Å². The second kappa shape index (κ2) is 5.47. The van der Waals surface area contributed by atoms with Gasteiger partial charge in [-0.05, 0) is 25.6 Å². The molecule has 0 spiro atoms. The van der Waals surface area contributed by atoms with Gasteiger partial charge in [-0.2, -0.15) is 5.10 Å². The molecule has 0 radical (unpaired) electrons. The van der Waals surface area contributed by atoms with Crippen molar-refractivity contribution in [2.24, 2.45) is 0 Å². The topological polar surface area (TPSA) is 29.9 Å². The Morgan fingerprint density at radius 1 is 1.29 bits per heavy atom. The van der Waals surface area contributed by atoms with Crippen LogP contribution in [0.3, 0.4) is 0 Å². The smallest absolute Gasteiger partial charge is 0.0672 e. The van der Waals surface area contributed by atoms with E-state index in [4.69, 9.17) is 0 Å². The van der Waals surface area contributed by atoms with Gasteiger partial charge >= 0.3 is 0 Å². The zero-order valence-electron chi connectivity index (χ0n) is 10.1. The second-order valence-corrected chi connectivity index (χ2v) is 4.83. The minimum absolute atomic E-state index is 0.891. The zero-order chi connectivity index (χ0) is 12.3. The minimum Gasteiger partial charge on any atom is -0.318 e. The maximum Gasteiger partial charge on any atom is 0.0672 e. The van der Waals surface area contributed by atoms with Crippen LogP contribution in [-0.4, -0.2) is 23.4 Å². The predicted molar refractivity (Wildman–Crippen MR) is 74.0 cm³/mol. The van der Waals surface area contributed by atoms with Crippen molar-refractivity contribution in [2.75, 3.05) is 13.6 Å². The fourth-order valence-corrected chi connectivity index (χ4v) is 2.30. The van der Waals surface area contributed by atoms with Crippen molar-refractivity contribution in [3.8, 4) is 11.1 Å². The highest BCUT2D eigenvalue weighted by Gasteiger charge is 2.09. The van der Waals surface area contributed by atoms with E-state index in [9.17, 15) is 0 Å². The zero-order valence-corrected chi connectivity index (χ0v) is 11.7. The number of nitrogens with zero attached hydrogens (tertiary/aromatic N) is 2. The van der Waals surface area contributed by atoms with Crippen molar-refractivity contribution in [1.82, 2.24) is 15.1 Å². The minimum atomic E-state index is 0.891. The van der Waals surface area contributed by atoms with Gasteiger partial charge in [0.25, 0.3) is 0 Å². The van der Waals surface area contributed by atoms with E-state index in [-0.39, 0.29) is 0 Å². The highest BCUT2D eigenvalue weighted by Crippen LogP contribution is 2.29. The van der Waals surface area contributed by atoms with Crippen molar-refractivity contribution in [3.05, 3.63) is 40.6 Å². The number of aromatic nitrogens is 2. The lowest BCUT2D eigenvalue weighted by molar-refractivity contribution is 0.581. The molecule has 0 fully saturated rings. The number of halogens is 1. The summed E-state index contributed by atoms with van der Waals surface area (Å²) in [6, 6.07) is 8.23. The van der Waals surface area contributed by atoms with E-state index in [1.165, 1.54) is 11.1 Å². The molecule has 4 heteroatoms. The Labute approximate surface area is 110 Å². The van der Waals surface area contributed by atoms with Crippen LogP contribution >= 0.6 is 15.9 Å². The molecule has 0 amide bonds. The Morgan fingerprint density at radius 2 is 2.06 bits per heavy atom. The highest BCUT2D eigenvalue weighted by molar-refractivity contribution is 9.10. The van der Waals surface area contributed by atoms with Crippen LogP contribution in [-0.2, 0) is 6.54 Å². The number of aryl methyl sites for hydroxylation is 1. The number of nitrogens with one attached hydrogen (secondary N) is 1. The second-order valence-electron chi connectivity index (χ2n) is 3.97. The average Bonchev–Trinajstić information content (AvgIpc) is 2.68. The maximum atomic E-state index is 4.52. The first-order valence-electron chi connectivity index (χ1n) is 5.66. The summed E-state index contributed by atoms with van der Waals surface area (Å²) in [6.07, 6.45) is 2.10. The number of rotatable bonds is 4. The summed E-state index contributed by atoms with van der Waals surface area (Å²) in [5.41, 5.74) is 3.45. The molecule has 1 aromatic heterocycles. The van der Waals surface area contributed by atoms with Gasteiger partial charge in [0.2, 0.25) is 0 Å². The number of hydrogen-bond donors (Lipinski definition) is 1. The Morgan fingerprint density at radius 3 is 2.76 bits per heavy atom. The van der Waals surface area contributed by atoms with E-state index in [1.807, 2.05) is 30.8 Å². The normalized spacial score (nSPS) is 10.8. The van der Waals surface area contributed by atoms with Gasteiger partial charge < -0.3 is 5.32 Å². The van der Waals surface area contributed by atoms with E-state index in [2.05, 4.69) is 44.7 Å². The molecule has 0 saturated carbocycles. The molecule has 0 aliphatic rings. The van der Waals surface area contributed by atoms with Crippen molar-refractivity contribution in [3.63, 3.8) is 0 Å². The van der Waals surface area contributed by atoms with Crippen LogP contribution in [0.15, 0.2) is 34.9 Å². The van der Waals surface area contributed by atoms with E-state index in [0.29, 0.717) is 0 Å². The molecule has 1 aromatic carbocycles. The lowest BCUT2D eigenvalue weighted by atomic mass is 10.1. The molecule has 0 aliphatic carbocycles. The van der Waals surface area contributed by atoms with E-state index in [1.54, 1.807) is 0 Å². The summed E-state index contributed by atoms with van der Waals surface area (Å²) >= 11 is 3.58. The van der Waals surface area contributed by atoms with Gasteiger partial charge in [0.1, 0.15) is 0 Å². The van der Waals surface area contributed by atoms with Crippen LogP contribution in [0, 0.1) is 6.92 Å². The Hall–Kier alpha value is -1.13. The quantitative estimate of drug-likeness (QED) is 0.939. The molecule has 0 bridgehead atoms. The van der Waals surface area contributed by atoms with Gasteiger partial charge in [0.05, 0.1) is 12.2 Å². The van der Waals surface area contributed by atoms with E-state index >= 15 is 0 Å². The third-order valence-electron chi connectivity index (χ3n) is 2.70. The summed E-state index contributed by atoms with van der Waals surface area (Å²) in [7, 11) is 1.95. The first-order chi connectivity index (χ1) is 8.22. The van der Waals surface area contributed by atoms with Crippen LogP contribution in [0.2, 0.25) is 0 Å². The Kier molecular flexibility index (Phi) is 3.97. The number of likely N-dealkylation sites (N-methyl/N-ethyl adjacent to an activating group) is 1. The largest absolute Gasteiger partial charge is 0.318 e. The van der Waals surface area contributed by atoms with Crippen molar-refractivity contribution >= 4 is 15.9 Å². The molecule has 3 nitrogen and oxygen atoms in total. The summed E-state index contributed by atoms with van der Waals surface area (Å²) in [4.78, 5) is 0. The molecular formula is C13H16BrN3. The van der Waals surface area contributed by atoms with Crippen molar-refractivity contribution in [2.45, 2.75) is 13.5 Å². The lowest BCUT2D eigenvalue weighted by Gasteiger charge is -2.01. The first kappa shape index (κ1) is 12.3. The molecule has 90 valence electrons. The predicted octanol–water partition coefficient (Wildman–Crippen LogP) is 2.84. The molecular weight excluding hydrogens is 278 g/mol. The third-order valence-corrected chi connectivity index (χ3v) is 3.39. The molecule has 0 atom stereocenters. The van der Waals surface area contributed by atoms with E-state index in [0.717, 1.165) is 23.3 Å². The maximum absolute atomic E-state index is 4.52. The standard InChI is InChI=1S/C13H16BrN3/c1-10-12(9-17(16-10)8-7-15-2)11-5-3-4-6-13(11)14/h3-6,9,15H,7-8H2,1-2H3.